The van der Waals surface area contributed by atoms with Crippen LogP contribution < -0.4 is 0 Å². The van der Waals surface area contributed by atoms with E-state index in [-0.39, 0.29) is 17.7 Å². The van der Waals surface area contributed by atoms with Crippen LogP contribution in [0, 0.1) is 12.3 Å². The zero-order chi connectivity index (χ0) is 21.2. The molecule has 0 bridgehead atoms. The van der Waals surface area contributed by atoms with Crippen LogP contribution in [0.2, 0.25) is 0 Å². The first-order chi connectivity index (χ1) is 14.2. The maximum atomic E-state index is 13.2. The Kier molecular flexibility index (Phi) is 4.10. The summed E-state index contributed by atoms with van der Waals surface area (Å²) in [4.78, 5) is 24.2. The Morgan fingerprint density at radius 2 is 2.00 bits per heavy atom. The first-order valence-corrected chi connectivity index (χ1v) is 10.5. The number of rotatable bonds is 4. The number of amidine groups is 1. The molecule has 5 rings (SSSR count). The zero-order valence-electron chi connectivity index (χ0n) is 17.9. The van der Waals surface area contributed by atoms with Crippen LogP contribution in [0.1, 0.15) is 78.3 Å². The smallest absolute Gasteiger partial charge is 0.192 e. The number of hydrogen-bond donors (Lipinski definition) is 1. The molecule has 0 spiro atoms. The van der Waals surface area contributed by atoms with Gasteiger partial charge in [0, 0.05) is 41.8 Å². The number of hydrogen-bond acceptors (Lipinski definition) is 5. The fourth-order valence-corrected chi connectivity index (χ4v) is 4.14. The number of aryl methyl sites for hydroxylation is 1. The normalized spacial score (nSPS) is 16.4. The van der Waals surface area contributed by atoms with Crippen LogP contribution in [0.15, 0.2) is 28.7 Å². The summed E-state index contributed by atoms with van der Waals surface area (Å²) in [6.07, 6.45) is 2.36. The molecular weight excluding hydrogens is 376 g/mol. The molecule has 154 valence electrons. The number of fused-ring (bicyclic) bond motifs is 2. The van der Waals surface area contributed by atoms with Crippen molar-refractivity contribution in [3.05, 3.63) is 58.2 Å². The molecule has 3 aromatic rings. The number of benzene rings is 1. The number of ketones is 1. The second-order valence-electron chi connectivity index (χ2n) is 9.50. The average Bonchev–Trinajstić information content (AvgIpc) is 3.39. The average molecular weight is 402 g/mol. The van der Waals surface area contributed by atoms with Gasteiger partial charge in [-0.3, -0.25) is 10.2 Å². The van der Waals surface area contributed by atoms with E-state index < -0.39 is 0 Å². The van der Waals surface area contributed by atoms with E-state index in [0.29, 0.717) is 35.3 Å². The van der Waals surface area contributed by atoms with Gasteiger partial charge in [0.25, 0.3) is 0 Å². The maximum absolute atomic E-state index is 13.2. The first kappa shape index (κ1) is 19.0. The Morgan fingerprint density at radius 3 is 2.70 bits per heavy atom. The van der Waals surface area contributed by atoms with Gasteiger partial charge in [0.2, 0.25) is 0 Å². The molecule has 3 heterocycles. The molecule has 0 saturated heterocycles. The Morgan fingerprint density at radius 1 is 1.23 bits per heavy atom. The highest BCUT2D eigenvalue weighted by Crippen LogP contribution is 2.40. The van der Waals surface area contributed by atoms with Gasteiger partial charge in [0.15, 0.2) is 17.3 Å². The Bertz CT molecular complexity index is 1200. The summed E-state index contributed by atoms with van der Waals surface area (Å²) in [5, 5.41) is 8.56. The van der Waals surface area contributed by atoms with Crippen molar-refractivity contribution in [1.29, 1.82) is 5.41 Å². The van der Waals surface area contributed by atoms with Crippen LogP contribution in [0.4, 0.5) is 0 Å². The fourth-order valence-electron chi connectivity index (χ4n) is 4.14. The number of Topliss-reactive ketones (excluding diaryl/α,β-unsaturated/α-hetero) is 1. The van der Waals surface area contributed by atoms with E-state index in [1.54, 1.807) is 6.07 Å². The molecule has 0 unspecified atom stereocenters. The second kappa shape index (κ2) is 6.49. The highest BCUT2D eigenvalue weighted by Gasteiger charge is 2.31. The van der Waals surface area contributed by atoms with Crippen LogP contribution in [-0.2, 0) is 12.0 Å². The maximum Gasteiger partial charge on any atom is 0.192 e. The van der Waals surface area contributed by atoms with E-state index in [9.17, 15) is 4.79 Å². The molecular formula is C24H26N4O2. The van der Waals surface area contributed by atoms with Crippen LogP contribution in [0.25, 0.3) is 11.1 Å². The largest absolute Gasteiger partial charge is 0.441 e. The lowest BCUT2D eigenvalue weighted by Crippen LogP contribution is -2.30. The lowest BCUT2D eigenvalue weighted by Gasteiger charge is -2.21. The van der Waals surface area contributed by atoms with Crippen molar-refractivity contribution >= 4 is 22.7 Å². The molecule has 1 aromatic carbocycles. The molecule has 1 N–H and O–H groups in total. The monoisotopic (exact) mass is 402 g/mol. The van der Waals surface area contributed by atoms with Crippen molar-refractivity contribution in [2.45, 2.75) is 58.4 Å². The Hall–Kier alpha value is -3.02. The van der Waals surface area contributed by atoms with Crippen molar-refractivity contribution < 1.29 is 9.21 Å². The van der Waals surface area contributed by atoms with Gasteiger partial charge < -0.3 is 9.32 Å². The molecule has 0 amide bonds. The standard InChI is InChI=1S/C24H26N4O2/c1-13-26-19-10-16(9-17(22(19)30-13)24(2,3)4)20(29)12-28-11-15-7-8-18(14-5-6-14)27-21(15)23(28)25/h7-10,14,25H,5-6,11-12H2,1-4H3. The number of aromatic nitrogens is 2. The summed E-state index contributed by atoms with van der Waals surface area (Å²) >= 11 is 0. The van der Waals surface area contributed by atoms with Crippen molar-refractivity contribution in [1.82, 2.24) is 14.9 Å². The molecule has 0 atom stereocenters. The lowest BCUT2D eigenvalue weighted by molar-refractivity contribution is 0.0962. The minimum absolute atomic E-state index is 0.0250. The van der Waals surface area contributed by atoms with Gasteiger partial charge in [-0.15, -0.1) is 0 Å². The number of carbonyl (C=O) groups excluding carboxylic acids is 1. The van der Waals surface area contributed by atoms with Gasteiger partial charge >= 0.3 is 0 Å². The van der Waals surface area contributed by atoms with Gasteiger partial charge in [-0.1, -0.05) is 26.8 Å². The van der Waals surface area contributed by atoms with Crippen molar-refractivity contribution in [2.24, 2.45) is 0 Å². The van der Waals surface area contributed by atoms with E-state index in [1.165, 1.54) is 12.8 Å². The van der Waals surface area contributed by atoms with Crippen LogP contribution >= 0.6 is 0 Å². The summed E-state index contributed by atoms with van der Waals surface area (Å²) in [7, 11) is 0. The third-order valence-electron chi connectivity index (χ3n) is 5.96. The van der Waals surface area contributed by atoms with E-state index in [1.807, 2.05) is 17.9 Å². The van der Waals surface area contributed by atoms with Crippen LogP contribution in [0.5, 0.6) is 0 Å². The molecule has 2 aromatic heterocycles. The van der Waals surface area contributed by atoms with E-state index in [2.05, 4.69) is 37.9 Å². The minimum Gasteiger partial charge on any atom is -0.441 e. The Balaban J connectivity index is 1.43. The van der Waals surface area contributed by atoms with E-state index >= 15 is 0 Å². The molecule has 1 fully saturated rings. The summed E-state index contributed by atoms with van der Waals surface area (Å²) in [6, 6.07) is 7.87. The predicted octanol–water partition coefficient (Wildman–Crippen LogP) is 4.73. The highest BCUT2D eigenvalue weighted by atomic mass is 16.3. The summed E-state index contributed by atoms with van der Waals surface area (Å²) < 4.78 is 5.81. The van der Waals surface area contributed by atoms with Gasteiger partial charge in [-0.05, 0) is 36.5 Å². The second-order valence-corrected chi connectivity index (χ2v) is 9.50. The van der Waals surface area contributed by atoms with Gasteiger partial charge in [-0.2, -0.15) is 0 Å². The number of oxazole rings is 1. The van der Waals surface area contributed by atoms with Crippen molar-refractivity contribution in [2.75, 3.05) is 6.54 Å². The summed E-state index contributed by atoms with van der Waals surface area (Å²) in [5.41, 5.74) is 5.68. The van der Waals surface area contributed by atoms with E-state index in [4.69, 9.17) is 14.8 Å². The Labute approximate surface area is 175 Å². The van der Waals surface area contributed by atoms with Crippen molar-refractivity contribution in [3.8, 4) is 0 Å². The lowest BCUT2D eigenvalue weighted by atomic mass is 9.85. The molecule has 6 nitrogen and oxygen atoms in total. The van der Waals surface area contributed by atoms with Crippen molar-refractivity contribution in [3.63, 3.8) is 0 Å². The molecule has 30 heavy (non-hydrogen) atoms. The molecule has 1 aliphatic carbocycles. The fraction of sp³-hybridized carbons (Fsp3) is 0.417. The molecule has 6 heteroatoms. The number of carbonyl (C=O) groups is 1. The van der Waals surface area contributed by atoms with Gasteiger partial charge in [0.05, 0.1) is 6.54 Å². The predicted molar refractivity (Wildman–Crippen MR) is 115 cm³/mol. The topological polar surface area (TPSA) is 83.1 Å². The number of nitrogens with zero attached hydrogens (tertiary/aromatic N) is 3. The highest BCUT2D eigenvalue weighted by molar-refractivity contribution is 6.05. The van der Waals surface area contributed by atoms with E-state index in [0.717, 1.165) is 28.1 Å². The molecule has 1 aliphatic heterocycles. The third-order valence-corrected chi connectivity index (χ3v) is 5.96. The quantitative estimate of drug-likeness (QED) is 0.638. The third kappa shape index (κ3) is 3.20. The van der Waals surface area contributed by atoms with Gasteiger partial charge in [0.1, 0.15) is 17.0 Å². The zero-order valence-corrected chi connectivity index (χ0v) is 17.9. The number of pyridine rings is 1. The number of nitrogens with one attached hydrogen (secondary N) is 1. The summed E-state index contributed by atoms with van der Waals surface area (Å²) in [6.45, 7) is 8.83. The first-order valence-electron chi connectivity index (χ1n) is 10.5. The molecule has 1 saturated carbocycles. The van der Waals surface area contributed by atoms with Crippen LogP contribution in [0.3, 0.4) is 0 Å². The SMILES string of the molecule is Cc1nc2cc(C(=O)CN3Cc4ccc(C5CC5)nc4C3=N)cc(C(C)(C)C)c2o1. The van der Waals surface area contributed by atoms with Crippen LogP contribution in [-0.4, -0.2) is 33.0 Å². The summed E-state index contributed by atoms with van der Waals surface area (Å²) in [5.74, 6) is 1.46. The molecule has 2 aliphatic rings. The van der Waals surface area contributed by atoms with Gasteiger partial charge in [-0.25, -0.2) is 9.97 Å². The molecule has 0 radical (unpaired) electrons. The minimum atomic E-state index is -0.180.